The van der Waals surface area contributed by atoms with E-state index in [1.807, 2.05) is 24.5 Å². The summed E-state index contributed by atoms with van der Waals surface area (Å²) in [6, 6.07) is 6.46. The number of rotatable bonds is 7. The van der Waals surface area contributed by atoms with E-state index < -0.39 is 5.95 Å². The van der Waals surface area contributed by atoms with E-state index in [-0.39, 0.29) is 0 Å². The first-order valence-electron chi connectivity index (χ1n) is 8.09. The van der Waals surface area contributed by atoms with Gasteiger partial charge in [-0.15, -0.1) is 0 Å². The van der Waals surface area contributed by atoms with Gasteiger partial charge in [0.2, 0.25) is 5.95 Å². The zero-order valence-electron chi connectivity index (χ0n) is 14.1. The van der Waals surface area contributed by atoms with Gasteiger partial charge in [-0.05, 0) is 26.0 Å². The Bertz CT molecular complexity index is 851. The van der Waals surface area contributed by atoms with Crippen LogP contribution in [0.4, 0.5) is 4.39 Å². The van der Waals surface area contributed by atoms with E-state index in [9.17, 15) is 4.39 Å². The van der Waals surface area contributed by atoms with E-state index in [4.69, 9.17) is 9.47 Å². The monoisotopic (exact) mass is 342 g/mol. The summed E-state index contributed by atoms with van der Waals surface area (Å²) in [4.78, 5) is 12.6. The van der Waals surface area contributed by atoms with Crippen LogP contribution in [-0.2, 0) is 6.54 Å². The lowest BCUT2D eigenvalue weighted by molar-refractivity contribution is 0.317. The fourth-order valence-electron chi connectivity index (χ4n) is 2.46. The van der Waals surface area contributed by atoms with Gasteiger partial charge in [0.1, 0.15) is 22.9 Å². The van der Waals surface area contributed by atoms with Gasteiger partial charge in [-0.3, -0.25) is 4.98 Å². The zero-order chi connectivity index (χ0) is 17.6. The molecule has 25 heavy (non-hydrogen) atoms. The van der Waals surface area contributed by atoms with Crippen molar-refractivity contribution in [2.24, 2.45) is 0 Å². The highest BCUT2D eigenvalue weighted by Crippen LogP contribution is 2.25. The molecular formula is C18H19FN4O2. The number of hydrogen-bond acceptors (Lipinski definition) is 5. The van der Waals surface area contributed by atoms with Crippen molar-refractivity contribution in [3.05, 3.63) is 54.5 Å². The summed E-state index contributed by atoms with van der Waals surface area (Å²) < 4.78 is 26.4. The summed E-state index contributed by atoms with van der Waals surface area (Å²) in [6.45, 7) is 5.33. The van der Waals surface area contributed by atoms with Crippen LogP contribution in [0.3, 0.4) is 0 Å². The molecule has 3 rings (SSSR count). The summed E-state index contributed by atoms with van der Waals surface area (Å²) in [5.74, 6) is 1.34. The Balaban J connectivity index is 1.92. The van der Waals surface area contributed by atoms with E-state index in [1.165, 1.54) is 6.07 Å². The SMILES string of the molecule is CCOc1cnc(Cn2ccnc2-c2cccc(F)n2)c(OCC)c1. The van der Waals surface area contributed by atoms with Gasteiger partial charge in [-0.25, -0.2) is 9.97 Å². The van der Waals surface area contributed by atoms with Crippen molar-refractivity contribution in [3.63, 3.8) is 0 Å². The zero-order valence-corrected chi connectivity index (χ0v) is 14.1. The van der Waals surface area contributed by atoms with Gasteiger partial charge >= 0.3 is 0 Å². The van der Waals surface area contributed by atoms with E-state index in [1.54, 1.807) is 30.7 Å². The molecule has 0 N–H and O–H groups in total. The number of imidazole rings is 1. The van der Waals surface area contributed by atoms with E-state index in [2.05, 4.69) is 15.0 Å². The van der Waals surface area contributed by atoms with Crippen molar-refractivity contribution in [1.82, 2.24) is 19.5 Å². The molecule has 0 spiro atoms. The van der Waals surface area contributed by atoms with E-state index >= 15 is 0 Å². The van der Waals surface area contributed by atoms with Crippen LogP contribution < -0.4 is 9.47 Å². The predicted octanol–water partition coefficient (Wildman–Crippen LogP) is 3.32. The third-order valence-corrected chi connectivity index (χ3v) is 3.50. The van der Waals surface area contributed by atoms with Crippen molar-refractivity contribution in [3.8, 4) is 23.0 Å². The van der Waals surface area contributed by atoms with Crippen LogP contribution in [0.15, 0.2) is 42.9 Å². The first-order chi connectivity index (χ1) is 12.2. The molecule has 0 bridgehead atoms. The molecule has 0 saturated heterocycles. The predicted molar refractivity (Wildman–Crippen MR) is 91.1 cm³/mol. The normalized spacial score (nSPS) is 10.7. The quantitative estimate of drug-likeness (QED) is 0.616. The summed E-state index contributed by atoms with van der Waals surface area (Å²) >= 11 is 0. The highest BCUT2D eigenvalue weighted by atomic mass is 19.1. The summed E-state index contributed by atoms with van der Waals surface area (Å²) in [7, 11) is 0. The molecule has 0 atom stereocenters. The number of nitrogens with zero attached hydrogens (tertiary/aromatic N) is 4. The molecule has 0 radical (unpaired) electrons. The molecule has 3 aromatic heterocycles. The van der Waals surface area contributed by atoms with Crippen LogP contribution in [-0.4, -0.2) is 32.7 Å². The molecule has 3 aromatic rings. The maximum atomic E-state index is 13.4. The molecule has 0 aliphatic rings. The Morgan fingerprint density at radius 2 is 1.96 bits per heavy atom. The van der Waals surface area contributed by atoms with Crippen LogP contribution in [0.25, 0.3) is 11.5 Å². The molecule has 3 heterocycles. The number of pyridine rings is 2. The van der Waals surface area contributed by atoms with Crippen molar-refractivity contribution in [2.45, 2.75) is 20.4 Å². The number of aromatic nitrogens is 4. The highest BCUT2D eigenvalue weighted by molar-refractivity contribution is 5.49. The average molecular weight is 342 g/mol. The van der Waals surface area contributed by atoms with Crippen LogP contribution in [0.2, 0.25) is 0 Å². The topological polar surface area (TPSA) is 62.1 Å². The minimum absolute atomic E-state index is 0.426. The van der Waals surface area contributed by atoms with Gasteiger partial charge in [0, 0.05) is 18.5 Å². The second kappa shape index (κ2) is 7.74. The first-order valence-corrected chi connectivity index (χ1v) is 8.09. The molecule has 0 aliphatic heterocycles. The third-order valence-electron chi connectivity index (χ3n) is 3.50. The summed E-state index contributed by atoms with van der Waals surface area (Å²) in [5.41, 5.74) is 1.20. The second-order valence-electron chi connectivity index (χ2n) is 5.21. The molecule has 0 aliphatic carbocycles. The number of hydrogen-bond donors (Lipinski definition) is 0. The highest BCUT2D eigenvalue weighted by Gasteiger charge is 2.13. The molecule has 7 heteroatoms. The van der Waals surface area contributed by atoms with Crippen molar-refractivity contribution in [2.75, 3.05) is 13.2 Å². The summed E-state index contributed by atoms with van der Waals surface area (Å²) in [6.07, 6.45) is 5.12. The molecule has 130 valence electrons. The van der Waals surface area contributed by atoms with Gasteiger partial charge in [0.05, 0.1) is 26.0 Å². The lowest BCUT2D eigenvalue weighted by Crippen LogP contribution is -2.07. The standard InChI is InChI=1S/C18H19FN4O2/c1-3-24-13-10-16(25-4-2)15(21-11-13)12-23-9-8-20-18(23)14-6-5-7-17(19)22-14/h5-11H,3-4,12H2,1-2H3. The minimum atomic E-state index is -0.541. The molecule has 0 unspecified atom stereocenters. The smallest absolute Gasteiger partial charge is 0.213 e. The van der Waals surface area contributed by atoms with Crippen molar-refractivity contribution < 1.29 is 13.9 Å². The Morgan fingerprint density at radius 3 is 2.72 bits per heavy atom. The lowest BCUT2D eigenvalue weighted by Gasteiger charge is -2.13. The van der Waals surface area contributed by atoms with E-state index in [0.717, 1.165) is 5.69 Å². The second-order valence-corrected chi connectivity index (χ2v) is 5.21. The maximum absolute atomic E-state index is 13.4. The van der Waals surface area contributed by atoms with Gasteiger partial charge in [-0.1, -0.05) is 6.07 Å². The van der Waals surface area contributed by atoms with Crippen LogP contribution in [0, 0.1) is 5.95 Å². The Labute approximate surface area is 145 Å². The van der Waals surface area contributed by atoms with Gasteiger partial charge in [0.25, 0.3) is 0 Å². The Morgan fingerprint density at radius 1 is 1.12 bits per heavy atom. The minimum Gasteiger partial charge on any atom is -0.492 e. The van der Waals surface area contributed by atoms with Crippen LogP contribution in [0.1, 0.15) is 19.5 Å². The number of ether oxygens (including phenoxy) is 2. The summed E-state index contributed by atoms with van der Waals surface area (Å²) in [5, 5.41) is 0. The fourth-order valence-corrected chi connectivity index (χ4v) is 2.46. The van der Waals surface area contributed by atoms with Gasteiger partial charge in [0.15, 0.2) is 5.82 Å². The Hall–Kier alpha value is -2.96. The molecular weight excluding hydrogens is 323 g/mol. The third kappa shape index (κ3) is 3.93. The van der Waals surface area contributed by atoms with Crippen LogP contribution >= 0.6 is 0 Å². The van der Waals surface area contributed by atoms with Crippen LogP contribution in [0.5, 0.6) is 11.5 Å². The van der Waals surface area contributed by atoms with Gasteiger partial charge in [-0.2, -0.15) is 4.39 Å². The molecule has 0 fully saturated rings. The molecule has 6 nitrogen and oxygen atoms in total. The van der Waals surface area contributed by atoms with E-state index in [0.29, 0.717) is 42.8 Å². The maximum Gasteiger partial charge on any atom is 0.213 e. The first kappa shape index (κ1) is 16.9. The largest absolute Gasteiger partial charge is 0.492 e. The fraction of sp³-hybridized carbons (Fsp3) is 0.278. The Kier molecular flexibility index (Phi) is 5.23. The molecule has 0 aromatic carbocycles. The van der Waals surface area contributed by atoms with Crippen molar-refractivity contribution in [1.29, 1.82) is 0 Å². The van der Waals surface area contributed by atoms with Gasteiger partial charge < -0.3 is 14.0 Å². The molecule has 0 amide bonds. The lowest BCUT2D eigenvalue weighted by atomic mass is 10.3. The average Bonchev–Trinajstić information content (AvgIpc) is 3.06. The molecule has 0 saturated carbocycles. The number of halogens is 1. The van der Waals surface area contributed by atoms with Crippen molar-refractivity contribution >= 4 is 0 Å².